The smallest absolute Gasteiger partial charge is 0.229 e. The minimum absolute atomic E-state index is 0.393. The summed E-state index contributed by atoms with van der Waals surface area (Å²) in [7, 11) is 0. The number of aliphatic hydroxyl groups excluding tert-OH is 7. The molecule has 0 spiro atoms. The fourth-order valence-corrected chi connectivity index (χ4v) is 3.47. The van der Waals surface area contributed by atoms with E-state index in [2.05, 4.69) is 0 Å². The van der Waals surface area contributed by atoms with Crippen LogP contribution < -0.4 is 4.74 Å². The lowest BCUT2D eigenvalue weighted by atomic mass is 9.98. The summed E-state index contributed by atoms with van der Waals surface area (Å²) in [6.45, 7) is 2.78. The van der Waals surface area contributed by atoms with E-state index in [1.807, 2.05) is 19.9 Å². The summed E-state index contributed by atoms with van der Waals surface area (Å²) in [5.41, 5.74) is 1.99. The first-order chi connectivity index (χ1) is 14.6. The summed E-state index contributed by atoms with van der Waals surface area (Å²) < 4.78 is 21.8. The molecule has 3 rings (SSSR count). The van der Waals surface area contributed by atoms with Crippen LogP contribution in [0.4, 0.5) is 0 Å². The number of aryl methyl sites for hydroxylation is 2. The average molecular weight is 446 g/mol. The maximum absolute atomic E-state index is 10.3. The minimum atomic E-state index is -1.63. The molecule has 2 heterocycles. The van der Waals surface area contributed by atoms with Crippen LogP contribution in [0.15, 0.2) is 18.2 Å². The van der Waals surface area contributed by atoms with Gasteiger partial charge in [0.25, 0.3) is 0 Å². The molecule has 0 radical (unpaired) electrons. The highest BCUT2D eigenvalue weighted by Crippen LogP contribution is 2.27. The zero-order valence-corrected chi connectivity index (χ0v) is 17.2. The van der Waals surface area contributed by atoms with Crippen molar-refractivity contribution < 1.29 is 54.7 Å². The van der Waals surface area contributed by atoms with Crippen molar-refractivity contribution in [2.75, 3.05) is 13.2 Å². The molecule has 176 valence electrons. The summed E-state index contributed by atoms with van der Waals surface area (Å²) in [6, 6.07) is 5.24. The van der Waals surface area contributed by atoms with Gasteiger partial charge in [-0.3, -0.25) is 0 Å². The van der Waals surface area contributed by atoms with E-state index in [-0.39, 0.29) is 0 Å². The van der Waals surface area contributed by atoms with Crippen molar-refractivity contribution in [3.63, 3.8) is 0 Å². The van der Waals surface area contributed by atoms with Gasteiger partial charge in [-0.05, 0) is 37.1 Å². The Labute approximate surface area is 179 Å². The quantitative estimate of drug-likeness (QED) is 0.242. The van der Waals surface area contributed by atoms with Gasteiger partial charge in [0.2, 0.25) is 6.29 Å². The van der Waals surface area contributed by atoms with E-state index in [1.165, 1.54) is 0 Å². The van der Waals surface area contributed by atoms with Gasteiger partial charge in [0.15, 0.2) is 6.29 Å². The summed E-state index contributed by atoms with van der Waals surface area (Å²) in [5.74, 6) is 0.393. The lowest BCUT2D eigenvalue weighted by Crippen LogP contribution is -2.62. The molecule has 11 heteroatoms. The van der Waals surface area contributed by atoms with Crippen LogP contribution in [-0.2, 0) is 14.2 Å². The fourth-order valence-electron chi connectivity index (χ4n) is 3.47. The molecule has 1 aromatic rings. The van der Waals surface area contributed by atoms with Gasteiger partial charge in [-0.1, -0.05) is 6.07 Å². The first-order valence-electron chi connectivity index (χ1n) is 9.99. The minimum Gasteiger partial charge on any atom is -0.462 e. The number of hydrogen-bond acceptors (Lipinski definition) is 11. The molecule has 0 aliphatic carbocycles. The number of hydrogen-bond donors (Lipinski definition) is 7. The second-order valence-electron chi connectivity index (χ2n) is 7.91. The SMILES string of the molecule is Cc1ccc(OC2OC(COC3OC(CO)C(O)C(O)C3O)C(O)C(O)C2O)cc1C. The monoisotopic (exact) mass is 446 g/mol. The lowest BCUT2D eigenvalue weighted by molar-refractivity contribution is -0.323. The maximum atomic E-state index is 10.3. The molecular formula is C20H30O11. The van der Waals surface area contributed by atoms with Gasteiger partial charge in [0.05, 0.1) is 13.2 Å². The first-order valence-corrected chi connectivity index (χ1v) is 9.99. The highest BCUT2D eigenvalue weighted by atomic mass is 16.7. The van der Waals surface area contributed by atoms with Gasteiger partial charge < -0.3 is 54.7 Å². The Bertz CT molecular complexity index is 729. The Morgan fingerprint density at radius 1 is 0.742 bits per heavy atom. The second-order valence-corrected chi connectivity index (χ2v) is 7.91. The van der Waals surface area contributed by atoms with Crippen molar-refractivity contribution in [1.82, 2.24) is 0 Å². The average Bonchev–Trinajstić information content (AvgIpc) is 2.75. The molecule has 2 fully saturated rings. The molecule has 2 aliphatic rings. The van der Waals surface area contributed by atoms with Crippen molar-refractivity contribution in [2.45, 2.75) is 75.3 Å². The van der Waals surface area contributed by atoms with Crippen molar-refractivity contribution >= 4 is 0 Å². The molecule has 0 amide bonds. The van der Waals surface area contributed by atoms with Crippen LogP contribution >= 0.6 is 0 Å². The third-order valence-corrected chi connectivity index (χ3v) is 5.67. The standard InChI is InChI=1S/C20H30O11/c1-8-3-4-10(5-9(8)2)29-20-18(27)16(25)14(23)12(31-20)7-28-19-17(26)15(24)13(22)11(6-21)30-19/h3-5,11-27H,6-7H2,1-2H3. The predicted molar refractivity (Wildman–Crippen MR) is 103 cm³/mol. The van der Waals surface area contributed by atoms with Gasteiger partial charge in [-0.15, -0.1) is 0 Å². The predicted octanol–water partition coefficient (Wildman–Crippen LogP) is -2.69. The molecule has 0 aromatic heterocycles. The van der Waals surface area contributed by atoms with Crippen molar-refractivity contribution in [3.8, 4) is 5.75 Å². The maximum Gasteiger partial charge on any atom is 0.229 e. The molecule has 0 saturated carbocycles. The number of benzene rings is 1. The molecule has 2 aliphatic heterocycles. The van der Waals surface area contributed by atoms with Crippen LogP contribution in [-0.4, -0.2) is 110 Å². The molecule has 0 bridgehead atoms. The molecule has 2 saturated heterocycles. The van der Waals surface area contributed by atoms with E-state index in [0.717, 1.165) is 11.1 Å². The third kappa shape index (κ3) is 5.17. The zero-order chi connectivity index (χ0) is 22.9. The number of ether oxygens (including phenoxy) is 4. The Morgan fingerprint density at radius 2 is 1.32 bits per heavy atom. The van der Waals surface area contributed by atoms with Crippen LogP contribution in [0.1, 0.15) is 11.1 Å². The third-order valence-electron chi connectivity index (χ3n) is 5.67. The van der Waals surface area contributed by atoms with Crippen LogP contribution in [0.25, 0.3) is 0 Å². The Hall–Kier alpha value is -1.38. The van der Waals surface area contributed by atoms with Gasteiger partial charge in [-0.25, -0.2) is 0 Å². The van der Waals surface area contributed by atoms with E-state index >= 15 is 0 Å². The van der Waals surface area contributed by atoms with Gasteiger partial charge in [0.1, 0.15) is 54.6 Å². The highest BCUT2D eigenvalue weighted by molar-refractivity contribution is 5.33. The Morgan fingerprint density at radius 3 is 1.94 bits per heavy atom. The fraction of sp³-hybridized carbons (Fsp3) is 0.700. The highest BCUT2D eigenvalue weighted by Gasteiger charge is 2.47. The summed E-state index contributed by atoms with van der Waals surface area (Å²) in [6.07, 6.45) is -14.6. The molecule has 11 nitrogen and oxygen atoms in total. The molecule has 10 atom stereocenters. The summed E-state index contributed by atoms with van der Waals surface area (Å²) in [4.78, 5) is 0. The Balaban J connectivity index is 1.65. The zero-order valence-electron chi connectivity index (χ0n) is 17.2. The van der Waals surface area contributed by atoms with Gasteiger partial charge in [-0.2, -0.15) is 0 Å². The first kappa shape index (κ1) is 24.3. The largest absolute Gasteiger partial charge is 0.462 e. The van der Waals surface area contributed by atoms with Crippen molar-refractivity contribution in [2.24, 2.45) is 0 Å². The summed E-state index contributed by atoms with van der Waals surface area (Å²) in [5, 5.41) is 69.7. The molecule has 31 heavy (non-hydrogen) atoms. The van der Waals surface area contributed by atoms with Gasteiger partial charge in [0, 0.05) is 0 Å². The van der Waals surface area contributed by atoms with Crippen LogP contribution in [0.5, 0.6) is 5.75 Å². The van der Waals surface area contributed by atoms with E-state index in [1.54, 1.807) is 12.1 Å². The van der Waals surface area contributed by atoms with E-state index < -0.39 is 74.6 Å². The molecule has 1 aromatic carbocycles. The van der Waals surface area contributed by atoms with E-state index in [0.29, 0.717) is 5.75 Å². The Kier molecular flexibility index (Phi) is 7.86. The number of aliphatic hydroxyl groups is 7. The van der Waals surface area contributed by atoms with Crippen molar-refractivity contribution in [1.29, 1.82) is 0 Å². The van der Waals surface area contributed by atoms with Gasteiger partial charge >= 0.3 is 0 Å². The van der Waals surface area contributed by atoms with E-state index in [9.17, 15) is 35.7 Å². The van der Waals surface area contributed by atoms with Crippen LogP contribution in [0.2, 0.25) is 0 Å². The molecular weight excluding hydrogens is 416 g/mol. The second kappa shape index (κ2) is 10.0. The summed E-state index contributed by atoms with van der Waals surface area (Å²) >= 11 is 0. The molecule has 7 N–H and O–H groups in total. The van der Waals surface area contributed by atoms with E-state index in [4.69, 9.17) is 18.9 Å². The van der Waals surface area contributed by atoms with Crippen LogP contribution in [0.3, 0.4) is 0 Å². The lowest BCUT2D eigenvalue weighted by Gasteiger charge is -2.42. The molecule has 10 unspecified atom stereocenters. The van der Waals surface area contributed by atoms with Crippen LogP contribution in [0, 0.1) is 13.8 Å². The normalized spacial score (nSPS) is 41.2. The van der Waals surface area contributed by atoms with Crippen molar-refractivity contribution in [3.05, 3.63) is 29.3 Å². The topological polar surface area (TPSA) is 179 Å². The number of rotatable bonds is 6.